The molecular weight excluding hydrogens is 525 g/mol. The fourth-order valence-electron chi connectivity index (χ4n) is 4.82. The number of alkyl carbamates (subject to hydrolysis) is 1. The lowest BCUT2D eigenvalue weighted by Crippen LogP contribution is -2.53. The lowest BCUT2D eigenvalue weighted by atomic mass is 9.89. The van der Waals surface area contributed by atoms with Crippen LogP contribution in [0.3, 0.4) is 0 Å². The van der Waals surface area contributed by atoms with E-state index >= 15 is 4.39 Å². The molecule has 0 spiro atoms. The number of hydrogen-bond donors (Lipinski definition) is 2. The predicted octanol–water partition coefficient (Wildman–Crippen LogP) is 5.90. The summed E-state index contributed by atoms with van der Waals surface area (Å²) in [6, 6.07) is 10.4. The predicted molar refractivity (Wildman–Crippen MR) is 154 cm³/mol. The molecule has 6 rings (SSSR count). The number of fused-ring (bicyclic) bond motifs is 2. The van der Waals surface area contributed by atoms with Gasteiger partial charge in [-0.05, 0) is 75.6 Å². The monoisotopic (exact) mass is 555 g/mol. The number of aryl methyl sites for hydroxylation is 1. The normalized spacial score (nSPS) is 16.8. The van der Waals surface area contributed by atoms with E-state index in [4.69, 9.17) is 9.47 Å². The molecule has 2 aromatic carbocycles. The van der Waals surface area contributed by atoms with Crippen LogP contribution in [0, 0.1) is 5.82 Å². The van der Waals surface area contributed by atoms with Crippen molar-refractivity contribution in [3.8, 4) is 16.9 Å². The first-order valence-electron chi connectivity index (χ1n) is 13.4. The Labute approximate surface area is 235 Å². The van der Waals surface area contributed by atoms with E-state index in [0.29, 0.717) is 33.4 Å². The highest BCUT2D eigenvalue weighted by Gasteiger charge is 2.36. The number of carbonyl (C=O) groups excluding carboxylic acids is 1. The van der Waals surface area contributed by atoms with Crippen molar-refractivity contribution in [2.24, 2.45) is 7.05 Å². The Balaban J connectivity index is 1.38. The van der Waals surface area contributed by atoms with Crippen molar-refractivity contribution in [3.63, 3.8) is 0 Å². The van der Waals surface area contributed by atoms with E-state index in [0.717, 1.165) is 24.0 Å². The van der Waals surface area contributed by atoms with Crippen molar-refractivity contribution in [3.05, 3.63) is 67.1 Å². The minimum Gasteiger partial charge on any atom is -0.487 e. The molecule has 210 valence electrons. The van der Waals surface area contributed by atoms with Crippen LogP contribution in [-0.2, 0) is 11.8 Å². The number of benzene rings is 2. The van der Waals surface area contributed by atoms with Gasteiger partial charge < -0.3 is 20.1 Å². The van der Waals surface area contributed by atoms with Gasteiger partial charge in [-0.25, -0.2) is 19.2 Å². The number of amides is 1. The van der Waals surface area contributed by atoms with Crippen LogP contribution in [-0.4, -0.2) is 48.6 Å². The SMILES string of the molecule is Cn1cc(-c2cc(OC3CCC3NC(=O)OC(C)(C)C)c3c(Nc4ccc5ncccc5c4F)ncnc3c2)cn1. The van der Waals surface area contributed by atoms with Crippen molar-refractivity contribution in [2.75, 3.05) is 5.32 Å². The van der Waals surface area contributed by atoms with E-state index in [-0.39, 0.29) is 17.8 Å². The Hall–Kier alpha value is -4.80. The van der Waals surface area contributed by atoms with E-state index in [1.165, 1.54) is 6.33 Å². The van der Waals surface area contributed by atoms with Crippen LogP contribution < -0.4 is 15.4 Å². The van der Waals surface area contributed by atoms with Crippen LogP contribution in [0.4, 0.5) is 20.7 Å². The maximum atomic E-state index is 15.5. The topological polar surface area (TPSA) is 116 Å². The summed E-state index contributed by atoms with van der Waals surface area (Å²) >= 11 is 0. The maximum absolute atomic E-state index is 15.5. The highest BCUT2D eigenvalue weighted by molar-refractivity contribution is 5.99. The van der Waals surface area contributed by atoms with Gasteiger partial charge in [0.2, 0.25) is 0 Å². The molecule has 3 aromatic heterocycles. The van der Waals surface area contributed by atoms with E-state index in [9.17, 15) is 4.79 Å². The third-order valence-electron chi connectivity index (χ3n) is 6.90. The second-order valence-electron chi connectivity index (χ2n) is 11.1. The first-order valence-corrected chi connectivity index (χ1v) is 13.4. The second kappa shape index (κ2) is 10.3. The van der Waals surface area contributed by atoms with Crippen LogP contribution in [0.5, 0.6) is 5.75 Å². The Morgan fingerprint density at radius 3 is 2.66 bits per heavy atom. The van der Waals surface area contributed by atoms with Gasteiger partial charge in [0, 0.05) is 30.4 Å². The quantitative estimate of drug-likeness (QED) is 0.266. The number of anilines is 2. The third kappa shape index (κ3) is 5.47. The van der Waals surface area contributed by atoms with Gasteiger partial charge in [-0.15, -0.1) is 0 Å². The molecule has 1 saturated carbocycles. The zero-order valence-electron chi connectivity index (χ0n) is 23.2. The van der Waals surface area contributed by atoms with Crippen LogP contribution in [0.25, 0.3) is 32.9 Å². The molecule has 1 fully saturated rings. The minimum absolute atomic E-state index is 0.228. The van der Waals surface area contributed by atoms with Gasteiger partial charge in [-0.2, -0.15) is 5.10 Å². The summed E-state index contributed by atoms with van der Waals surface area (Å²) in [7, 11) is 1.85. The summed E-state index contributed by atoms with van der Waals surface area (Å²) in [4.78, 5) is 25.6. The Morgan fingerprint density at radius 2 is 1.93 bits per heavy atom. The van der Waals surface area contributed by atoms with Crippen molar-refractivity contribution >= 4 is 39.4 Å². The fourth-order valence-corrected chi connectivity index (χ4v) is 4.82. The number of ether oxygens (including phenoxy) is 2. The number of hydrogen-bond acceptors (Lipinski definition) is 8. The molecule has 5 aromatic rings. The molecule has 0 radical (unpaired) electrons. The third-order valence-corrected chi connectivity index (χ3v) is 6.90. The number of nitrogens with one attached hydrogen (secondary N) is 2. The Morgan fingerprint density at radius 1 is 1.07 bits per heavy atom. The van der Waals surface area contributed by atoms with E-state index in [1.807, 2.05) is 46.1 Å². The number of pyridine rings is 1. The van der Waals surface area contributed by atoms with E-state index < -0.39 is 17.5 Å². The van der Waals surface area contributed by atoms with Crippen LogP contribution in [0.2, 0.25) is 0 Å². The van der Waals surface area contributed by atoms with Crippen LogP contribution in [0.1, 0.15) is 33.6 Å². The maximum Gasteiger partial charge on any atom is 0.408 e. The Kier molecular flexibility index (Phi) is 6.64. The fraction of sp³-hybridized carbons (Fsp3) is 0.300. The van der Waals surface area contributed by atoms with Crippen molar-refractivity contribution in [1.29, 1.82) is 0 Å². The molecule has 1 aliphatic carbocycles. The van der Waals surface area contributed by atoms with Gasteiger partial charge in [0.1, 0.15) is 29.6 Å². The van der Waals surface area contributed by atoms with Gasteiger partial charge in [0.05, 0.1) is 34.3 Å². The lowest BCUT2D eigenvalue weighted by Gasteiger charge is -2.37. The van der Waals surface area contributed by atoms with Crippen molar-refractivity contribution in [1.82, 2.24) is 30.0 Å². The van der Waals surface area contributed by atoms with Crippen molar-refractivity contribution < 1.29 is 18.7 Å². The van der Waals surface area contributed by atoms with Gasteiger partial charge >= 0.3 is 6.09 Å². The summed E-state index contributed by atoms with van der Waals surface area (Å²) in [5.41, 5.74) is 2.55. The van der Waals surface area contributed by atoms with E-state index in [1.54, 1.807) is 41.3 Å². The molecule has 1 aliphatic rings. The first-order chi connectivity index (χ1) is 19.6. The van der Waals surface area contributed by atoms with E-state index in [2.05, 4.69) is 30.7 Å². The van der Waals surface area contributed by atoms with Crippen LogP contribution >= 0.6 is 0 Å². The molecule has 11 heteroatoms. The van der Waals surface area contributed by atoms with Crippen molar-refractivity contribution in [2.45, 2.75) is 51.4 Å². The molecule has 3 heterocycles. The number of aromatic nitrogens is 5. The smallest absolute Gasteiger partial charge is 0.408 e. The highest BCUT2D eigenvalue weighted by atomic mass is 19.1. The molecule has 2 atom stereocenters. The second-order valence-corrected chi connectivity index (χ2v) is 11.1. The molecule has 2 unspecified atom stereocenters. The summed E-state index contributed by atoms with van der Waals surface area (Å²) in [5, 5.41) is 11.4. The zero-order chi connectivity index (χ0) is 28.7. The molecule has 10 nitrogen and oxygen atoms in total. The molecule has 0 bridgehead atoms. The lowest BCUT2D eigenvalue weighted by molar-refractivity contribution is 0.0297. The number of nitrogens with zero attached hydrogens (tertiary/aromatic N) is 5. The average molecular weight is 556 g/mol. The Bertz CT molecular complexity index is 1760. The summed E-state index contributed by atoms with van der Waals surface area (Å²) in [5.74, 6) is 0.464. The summed E-state index contributed by atoms with van der Waals surface area (Å²) in [6.45, 7) is 5.46. The molecule has 41 heavy (non-hydrogen) atoms. The number of rotatable bonds is 6. The zero-order valence-corrected chi connectivity index (χ0v) is 23.2. The van der Waals surface area contributed by atoms with Gasteiger partial charge in [-0.1, -0.05) is 0 Å². The van der Waals surface area contributed by atoms with Gasteiger partial charge in [0.15, 0.2) is 5.82 Å². The first kappa shape index (κ1) is 26.4. The molecule has 0 saturated heterocycles. The number of carbonyl (C=O) groups is 1. The summed E-state index contributed by atoms with van der Waals surface area (Å²) in [6.07, 6.45) is 7.42. The van der Waals surface area contributed by atoms with Gasteiger partial charge in [-0.3, -0.25) is 9.67 Å². The average Bonchev–Trinajstić information content (AvgIpc) is 3.36. The molecule has 2 N–H and O–H groups in total. The minimum atomic E-state index is -0.607. The molecule has 0 aliphatic heterocycles. The number of halogens is 1. The molecule has 1 amide bonds. The van der Waals surface area contributed by atoms with Crippen LogP contribution in [0.15, 0.2) is 61.3 Å². The van der Waals surface area contributed by atoms with Gasteiger partial charge in [0.25, 0.3) is 0 Å². The highest BCUT2D eigenvalue weighted by Crippen LogP contribution is 2.39. The summed E-state index contributed by atoms with van der Waals surface area (Å²) < 4.78 is 29.2. The largest absolute Gasteiger partial charge is 0.487 e. The standard InChI is InChI=1S/C30H30FN7O3/c1-30(2,3)41-29(39)37-21-9-10-24(21)40-25-13-17(18-14-35-38(4)15-18)12-23-26(25)28(34-16-33-23)36-22-8-7-20-19(27(22)31)6-5-11-32-20/h5-8,11-16,21,24H,9-10H2,1-4H3,(H,37,39)(H,33,34,36). The molecular formula is C30H30FN7O3.